The van der Waals surface area contributed by atoms with Gasteiger partial charge in [0, 0.05) is 19.2 Å². The molecule has 1 aromatic carbocycles. The molecular weight excluding hydrogens is 225 g/mol. The van der Waals surface area contributed by atoms with Crippen molar-refractivity contribution < 1.29 is 4.39 Å². The van der Waals surface area contributed by atoms with Crippen molar-refractivity contribution in [2.75, 3.05) is 13.3 Å². The molecule has 16 heavy (non-hydrogen) atoms. The normalized spacial score (nSPS) is 11.0. The fraction of sp³-hybridized carbons (Fsp3) is 0.273. The van der Waals surface area contributed by atoms with E-state index in [0.29, 0.717) is 17.3 Å². The first-order valence-corrected chi connectivity index (χ1v) is 5.86. The minimum Gasteiger partial charge on any atom is -0.349 e. The van der Waals surface area contributed by atoms with Gasteiger partial charge in [-0.15, -0.1) is 4.99 Å². The van der Waals surface area contributed by atoms with Gasteiger partial charge >= 0.3 is 0 Å². The largest absolute Gasteiger partial charge is 0.349 e. The Bertz CT molecular complexity index is 425. The zero-order valence-electron chi connectivity index (χ0n) is 9.14. The quantitative estimate of drug-likeness (QED) is 0.450. The van der Waals surface area contributed by atoms with E-state index in [1.807, 2.05) is 6.26 Å². The lowest BCUT2D eigenvalue weighted by Crippen LogP contribution is -2.23. The van der Waals surface area contributed by atoms with Crippen LogP contribution >= 0.6 is 11.8 Å². The second-order valence-electron chi connectivity index (χ2n) is 3.15. The number of hydrogen-bond acceptors (Lipinski definition) is 3. The molecule has 0 N–H and O–H groups in total. The topological polar surface area (TPSA) is 39.4 Å². The highest BCUT2D eigenvalue weighted by molar-refractivity contribution is 8.13. The molecule has 0 bridgehead atoms. The van der Waals surface area contributed by atoms with E-state index in [1.165, 1.54) is 17.8 Å². The lowest BCUT2D eigenvalue weighted by Gasteiger charge is -2.18. The minimum atomic E-state index is -0.244. The highest BCUT2D eigenvalue weighted by Gasteiger charge is 2.08. The number of rotatable bonds is 2. The molecule has 0 aliphatic heterocycles. The molecule has 0 saturated heterocycles. The third-order valence-electron chi connectivity index (χ3n) is 2.02. The van der Waals surface area contributed by atoms with Crippen LogP contribution in [-0.4, -0.2) is 23.4 Å². The zero-order chi connectivity index (χ0) is 12.0. The summed E-state index contributed by atoms with van der Waals surface area (Å²) in [6.45, 7) is 0.397. The predicted molar refractivity (Wildman–Crippen MR) is 64.4 cm³/mol. The van der Waals surface area contributed by atoms with Gasteiger partial charge in [0.1, 0.15) is 5.82 Å². The van der Waals surface area contributed by atoms with Gasteiger partial charge in [-0.05, 0) is 12.3 Å². The maximum atomic E-state index is 13.4. The summed E-state index contributed by atoms with van der Waals surface area (Å²) in [5, 5.41) is 9.06. The third-order valence-corrected chi connectivity index (χ3v) is 2.79. The van der Waals surface area contributed by atoms with Gasteiger partial charge in [0.15, 0.2) is 5.17 Å². The van der Waals surface area contributed by atoms with Crippen LogP contribution in [-0.2, 0) is 6.54 Å². The number of halogens is 1. The molecule has 0 aliphatic carbocycles. The van der Waals surface area contributed by atoms with Gasteiger partial charge in [0.05, 0.1) is 0 Å². The van der Waals surface area contributed by atoms with E-state index in [-0.39, 0.29) is 5.82 Å². The minimum absolute atomic E-state index is 0.244. The van der Waals surface area contributed by atoms with Crippen LogP contribution in [0.1, 0.15) is 5.56 Å². The summed E-state index contributed by atoms with van der Waals surface area (Å²) < 4.78 is 13.4. The zero-order valence-corrected chi connectivity index (χ0v) is 9.96. The Balaban J connectivity index is 2.79. The summed E-state index contributed by atoms with van der Waals surface area (Å²) in [4.78, 5) is 5.40. The van der Waals surface area contributed by atoms with Gasteiger partial charge < -0.3 is 4.90 Å². The first-order valence-electron chi connectivity index (χ1n) is 4.64. The number of hydrogen-bond donors (Lipinski definition) is 0. The van der Waals surface area contributed by atoms with Crippen LogP contribution in [0.2, 0.25) is 0 Å². The monoisotopic (exact) mass is 237 g/mol. The van der Waals surface area contributed by atoms with Crippen molar-refractivity contribution in [2.45, 2.75) is 6.54 Å². The van der Waals surface area contributed by atoms with Crippen molar-refractivity contribution in [3.8, 4) is 6.19 Å². The maximum Gasteiger partial charge on any atom is 0.208 e. The van der Waals surface area contributed by atoms with Gasteiger partial charge in [-0.1, -0.05) is 30.0 Å². The predicted octanol–water partition coefficient (Wildman–Crippen LogP) is 2.46. The van der Waals surface area contributed by atoms with E-state index >= 15 is 0 Å². The van der Waals surface area contributed by atoms with Crippen LogP contribution in [0.4, 0.5) is 4.39 Å². The Morgan fingerprint density at radius 3 is 2.81 bits per heavy atom. The van der Waals surface area contributed by atoms with Crippen molar-refractivity contribution in [1.29, 1.82) is 5.26 Å². The van der Waals surface area contributed by atoms with Crippen LogP contribution in [0.25, 0.3) is 0 Å². The molecule has 1 aromatic rings. The Labute approximate surface area is 98.6 Å². The second kappa shape index (κ2) is 6.13. The van der Waals surface area contributed by atoms with E-state index in [2.05, 4.69) is 4.99 Å². The van der Waals surface area contributed by atoms with Crippen molar-refractivity contribution in [2.24, 2.45) is 4.99 Å². The highest BCUT2D eigenvalue weighted by Crippen LogP contribution is 2.12. The fourth-order valence-corrected chi connectivity index (χ4v) is 1.79. The first-order chi connectivity index (χ1) is 7.69. The molecule has 0 aliphatic rings. The van der Waals surface area contributed by atoms with Gasteiger partial charge in [-0.3, -0.25) is 0 Å². The molecule has 5 heteroatoms. The number of thioether (sulfide) groups is 1. The molecule has 0 amide bonds. The molecule has 0 radical (unpaired) electrons. The Hall–Kier alpha value is -1.54. The Morgan fingerprint density at radius 1 is 1.56 bits per heavy atom. The molecule has 0 saturated carbocycles. The summed E-state index contributed by atoms with van der Waals surface area (Å²) in [6.07, 6.45) is 3.56. The maximum absolute atomic E-state index is 13.4. The molecule has 0 spiro atoms. The van der Waals surface area contributed by atoms with Crippen LogP contribution in [0.3, 0.4) is 0 Å². The van der Waals surface area contributed by atoms with E-state index in [1.54, 1.807) is 36.3 Å². The van der Waals surface area contributed by atoms with Gasteiger partial charge in [0.2, 0.25) is 6.19 Å². The summed E-state index contributed by atoms with van der Waals surface area (Å²) in [7, 11) is 1.78. The average Bonchev–Trinajstić information content (AvgIpc) is 2.29. The molecule has 0 atom stereocenters. The smallest absolute Gasteiger partial charge is 0.208 e. The molecule has 1 rings (SSSR count). The molecular formula is C11H12FN3S. The van der Waals surface area contributed by atoms with Crippen LogP contribution in [0.15, 0.2) is 29.3 Å². The van der Waals surface area contributed by atoms with Crippen LogP contribution in [0, 0.1) is 17.3 Å². The van der Waals surface area contributed by atoms with E-state index in [4.69, 9.17) is 5.26 Å². The standard InChI is InChI=1S/C11H12FN3S/c1-15(11(16-2)14-8-13)7-9-5-3-4-6-10(9)12/h3-6H,7H2,1-2H3. The number of nitrogens with zero attached hydrogens (tertiary/aromatic N) is 3. The Morgan fingerprint density at radius 2 is 2.25 bits per heavy atom. The van der Waals surface area contributed by atoms with Crippen molar-refractivity contribution in [3.05, 3.63) is 35.6 Å². The van der Waals surface area contributed by atoms with E-state index in [0.717, 1.165) is 0 Å². The lowest BCUT2D eigenvalue weighted by molar-refractivity contribution is 0.488. The lowest BCUT2D eigenvalue weighted by atomic mass is 10.2. The van der Waals surface area contributed by atoms with Crippen LogP contribution in [0.5, 0.6) is 0 Å². The first kappa shape index (κ1) is 12.5. The summed E-state index contributed by atoms with van der Waals surface area (Å²) >= 11 is 1.36. The molecule has 84 valence electrons. The van der Waals surface area contributed by atoms with Gasteiger partial charge in [-0.25, -0.2) is 4.39 Å². The van der Waals surface area contributed by atoms with Crippen molar-refractivity contribution in [1.82, 2.24) is 4.90 Å². The number of nitriles is 1. The van der Waals surface area contributed by atoms with Gasteiger partial charge in [-0.2, -0.15) is 5.26 Å². The second-order valence-corrected chi connectivity index (χ2v) is 3.92. The molecule has 0 aromatic heterocycles. The third kappa shape index (κ3) is 3.24. The molecule has 0 heterocycles. The number of amidine groups is 1. The van der Waals surface area contributed by atoms with E-state index in [9.17, 15) is 4.39 Å². The Kier molecular flexibility index (Phi) is 4.80. The number of benzene rings is 1. The number of aliphatic imine (C=N–C) groups is 1. The fourth-order valence-electron chi connectivity index (χ4n) is 1.28. The van der Waals surface area contributed by atoms with Crippen LogP contribution < -0.4 is 0 Å². The van der Waals surface area contributed by atoms with Crippen molar-refractivity contribution >= 4 is 16.9 Å². The highest BCUT2D eigenvalue weighted by atomic mass is 32.2. The molecule has 3 nitrogen and oxygen atoms in total. The van der Waals surface area contributed by atoms with Crippen molar-refractivity contribution in [3.63, 3.8) is 0 Å². The van der Waals surface area contributed by atoms with E-state index < -0.39 is 0 Å². The summed E-state index contributed by atoms with van der Waals surface area (Å²) in [5.41, 5.74) is 0.588. The van der Waals surface area contributed by atoms with Gasteiger partial charge in [0.25, 0.3) is 0 Å². The molecule has 0 fully saturated rings. The summed E-state index contributed by atoms with van der Waals surface area (Å²) in [6, 6.07) is 6.57. The molecule has 0 unspecified atom stereocenters. The SMILES string of the molecule is CSC(=NC#N)N(C)Cc1ccccc1F. The summed E-state index contributed by atoms with van der Waals surface area (Å²) in [5.74, 6) is -0.244. The average molecular weight is 237 g/mol.